The molecule has 0 radical (unpaired) electrons. The first kappa shape index (κ1) is 17.9. The molecule has 1 aromatic carbocycles. The van der Waals surface area contributed by atoms with Crippen molar-refractivity contribution >= 4 is 16.6 Å². The third-order valence-corrected chi connectivity index (χ3v) is 7.06. The van der Waals surface area contributed by atoms with Gasteiger partial charge in [-0.15, -0.1) is 0 Å². The van der Waals surface area contributed by atoms with Crippen LogP contribution in [-0.4, -0.2) is 33.9 Å². The second-order valence-corrected chi connectivity index (χ2v) is 8.82. The molecule has 3 atom stereocenters. The molecule has 5 rings (SSSR count). The number of aryl methyl sites for hydroxylation is 2. The number of benzene rings is 1. The molecule has 2 N–H and O–H groups in total. The van der Waals surface area contributed by atoms with Crippen LogP contribution in [0.25, 0.3) is 10.9 Å². The Morgan fingerprint density at radius 1 is 1.07 bits per heavy atom. The molecular formula is C21H26FN3O3. The lowest BCUT2D eigenvalue weighted by atomic mass is 9.80. The van der Waals surface area contributed by atoms with Gasteiger partial charge < -0.3 is 10.0 Å². The SMILES string of the molecule is Cc1c(F)c(N2CC3CCCC(O)C3C2)c(C)c2c1c(=O)[nH]c(=O)n2C1CC1. The van der Waals surface area contributed by atoms with Gasteiger partial charge >= 0.3 is 5.69 Å². The molecule has 0 spiro atoms. The van der Waals surface area contributed by atoms with Gasteiger partial charge in [0.15, 0.2) is 5.82 Å². The number of hydrogen-bond donors (Lipinski definition) is 2. The molecule has 1 saturated heterocycles. The predicted molar refractivity (Wildman–Crippen MR) is 106 cm³/mol. The van der Waals surface area contributed by atoms with Gasteiger partial charge in [-0.2, -0.15) is 0 Å². The summed E-state index contributed by atoms with van der Waals surface area (Å²) >= 11 is 0. The Balaban J connectivity index is 1.73. The van der Waals surface area contributed by atoms with Crippen LogP contribution in [0.15, 0.2) is 9.59 Å². The molecule has 2 aromatic rings. The Bertz CT molecular complexity index is 1090. The van der Waals surface area contributed by atoms with Gasteiger partial charge in [0.1, 0.15) is 0 Å². The van der Waals surface area contributed by atoms with E-state index in [1.54, 1.807) is 11.5 Å². The van der Waals surface area contributed by atoms with E-state index in [0.717, 1.165) is 32.1 Å². The molecule has 3 fully saturated rings. The van der Waals surface area contributed by atoms with Gasteiger partial charge in [-0.1, -0.05) is 6.42 Å². The van der Waals surface area contributed by atoms with E-state index in [1.807, 2.05) is 11.8 Å². The standard InChI is InChI=1S/C21H26FN3O3/c1-10-16-18(25(13-6-7-13)21(28)23-20(16)27)11(2)19(17(10)22)24-8-12-4-3-5-15(26)14(12)9-24/h12-15,26H,3-9H2,1-2H3,(H,23,27,28). The summed E-state index contributed by atoms with van der Waals surface area (Å²) in [5.41, 5.74) is 1.08. The summed E-state index contributed by atoms with van der Waals surface area (Å²) in [5, 5.41) is 10.7. The van der Waals surface area contributed by atoms with Crippen LogP contribution < -0.4 is 16.1 Å². The van der Waals surface area contributed by atoms with Crippen molar-refractivity contribution in [3.05, 3.63) is 37.8 Å². The van der Waals surface area contributed by atoms with E-state index in [2.05, 4.69) is 4.98 Å². The number of anilines is 1. The number of aliphatic hydroxyl groups excluding tert-OH is 1. The van der Waals surface area contributed by atoms with Crippen molar-refractivity contribution in [2.75, 3.05) is 18.0 Å². The number of fused-ring (bicyclic) bond motifs is 2. The van der Waals surface area contributed by atoms with Crippen molar-refractivity contribution in [3.63, 3.8) is 0 Å². The summed E-state index contributed by atoms with van der Waals surface area (Å²) in [5.74, 6) is 0.140. The molecule has 28 heavy (non-hydrogen) atoms. The molecule has 3 aliphatic rings. The monoisotopic (exact) mass is 387 g/mol. The number of halogens is 1. The zero-order chi connectivity index (χ0) is 19.7. The third-order valence-electron chi connectivity index (χ3n) is 7.06. The number of hydrogen-bond acceptors (Lipinski definition) is 4. The van der Waals surface area contributed by atoms with Crippen molar-refractivity contribution in [1.82, 2.24) is 9.55 Å². The second-order valence-electron chi connectivity index (χ2n) is 8.82. The van der Waals surface area contributed by atoms with Crippen molar-refractivity contribution in [3.8, 4) is 0 Å². The van der Waals surface area contributed by atoms with E-state index in [1.165, 1.54) is 0 Å². The Labute approximate surface area is 162 Å². The van der Waals surface area contributed by atoms with Gasteiger partial charge in [0.05, 0.1) is 22.7 Å². The van der Waals surface area contributed by atoms with Crippen LogP contribution in [0.2, 0.25) is 0 Å². The molecule has 0 bridgehead atoms. The first-order chi connectivity index (χ1) is 13.4. The number of nitrogens with one attached hydrogen (secondary N) is 1. The smallest absolute Gasteiger partial charge is 0.329 e. The largest absolute Gasteiger partial charge is 0.393 e. The molecule has 2 saturated carbocycles. The fourth-order valence-electron chi connectivity index (χ4n) is 5.51. The average Bonchev–Trinajstić information content (AvgIpc) is 3.38. The fraction of sp³-hybridized carbons (Fsp3) is 0.619. The van der Waals surface area contributed by atoms with E-state index >= 15 is 4.39 Å². The highest BCUT2D eigenvalue weighted by Crippen LogP contribution is 2.43. The van der Waals surface area contributed by atoms with E-state index < -0.39 is 11.2 Å². The maximum Gasteiger partial charge on any atom is 0.329 e. The zero-order valence-electron chi connectivity index (χ0n) is 16.3. The van der Waals surface area contributed by atoms with Crippen LogP contribution in [0.1, 0.15) is 49.3 Å². The number of aliphatic hydroxyl groups is 1. The second kappa shape index (κ2) is 6.17. The lowest BCUT2D eigenvalue weighted by molar-refractivity contribution is 0.0565. The van der Waals surface area contributed by atoms with Gasteiger partial charge in [-0.25, -0.2) is 9.18 Å². The highest BCUT2D eigenvalue weighted by Gasteiger charge is 2.41. The zero-order valence-corrected chi connectivity index (χ0v) is 16.3. The Morgan fingerprint density at radius 2 is 1.82 bits per heavy atom. The van der Waals surface area contributed by atoms with Crippen LogP contribution in [0, 0.1) is 31.5 Å². The molecule has 3 unspecified atom stereocenters. The van der Waals surface area contributed by atoms with Gasteiger partial charge in [-0.3, -0.25) is 14.3 Å². The normalized spacial score (nSPS) is 27.4. The summed E-state index contributed by atoms with van der Waals surface area (Å²) in [6, 6.07) is 0.0752. The van der Waals surface area contributed by atoms with Crippen LogP contribution in [0.4, 0.5) is 10.1 Å². The number of aromatic nitrogens is 2. The lowest BCUT2D eigenvalue weighted by Gasteiger charge is -2.28. The summed E-state index contributed by atoms with van der Waals surface area (Å²) in [6.07, 6.45) is 4.33. The molecule has 2 aliphatic carbocycles. The van der Waals surface area contributed by atoms with Crippen LogP contribution in [0.5, 0.6) is 0 Å². The first-order valence-electron chi connectivity index (χ1n) is 10.3. The molecule has 150 valence electrons. The van der Waals surface area contributed by atoms with Crippen molar-refractivity contribution < 1.29 is 9.50 Å². The topological polar surface area (TPSA) is 78.3 Å². The quantitative estimate of drug-likeness (QED) is 0.829. The van der Waals surface area contributed by atoms with E-state index in [-0.39, 0.29) is 29.3 Å². The maximum atomic E-state index is 15.5. The Kier molecular flexibility index (Phi) is 3.95. The number of H-pyrrole nitrogens is 1. The van der Waals surface area contributed by atoms with Gasteiger partial charge in [-0.05, 0) is 45.4 Å². The van der Waals surface area contributed by atoms with E-state index in [0.29, 0.717) is 41.3 Å². The fourth-order valence-corrected chi connectivity index (χ4v) is 5.51. The van der Waals surface area contributed by atoms with E-state index in [4.69, 9.17) is 0 Å². The Morgan fingerprint density at radius 3 is 2.50 bits per heavy atom. The van der Waals surface area contributed by atoms with Gasteiger partial charge in [0, 0.05) is 36.2 Å². The number of rotatable bonds is 2. The molecular weight excluding hydrogens is 361 g/mol. The molecule has 1 aliphatic heterocycles. The third kappa shape index (κ3) is 2.48. The summed E-state index contributed by atoms with van der Waals surface area (Å²) in [6.45, 7) is 4.76. The molecule has 0 amide bonds. The number of nitrogens with zero attached hydrogens (tertiary/aromatic N) is 2. The van der Waals surface area contributed by atoms with Crippen LogP contribution in [-0.2, 0) is 0 Å². The van der Waals surface area contributed by atoms with Crippen molar-refractivity contribution in [2.45, 2.75) is 58.1 Å². The highest BCUT2D eigenvalue weighted by molar-refractivity contribution is 5.90. The van der Waals surface area contributed by atoms with E-state index in [9.17, 15) is 14.7 Å². The van der Waals surface area contributed by atoms with Crippen LogP contribution >= 0.6 is 0 Å². The summed E-state index contributed by atoms with van der Waals surface area (Å²) in [7, 11) is 0. The minimum Gasteiger partial charge on any atom is -0.393 e. The van der Waals surface area contributed by atoms with Gasteiger partial charge in [0.2, 0.25) is 0 Å². The van der Waals surface area contributed by atoms with Gasteiger partial charge in [0.25, 0.3) is 5.56 Å². The molecule has 2 heterocycles. The van der Waals surface area contributed by atoms with Crippen molar-refractivity contribution in [1.29, 1.82) is 0 Å². The van der Waals surface area contributed by atoms with Crippen molar-refractivity contribution in [2.24, 2.45) is 11.8 Å². The minimum atomic E-state index is -0.520. The van der Waals surface area contributed by atoms with Crippen LogP contribution in [0.3, 0.4) is 0 Å². The molecule has 7 heteroatoms. The summed E-state index contributed by atoms with van der Waals surface area (Å²) in [4.78, 5) is 29.5. The maximum absolute atomic E-state index is 15.5. The highest BCUT2D eigenvalue weighted by atomic mass is 19.1. The predicted octanol–water partition coefficient (Wildman–Crippen LogP) is 2.38. The molecule has 6 nitrogen and oxygen atoms in total. The lowest BCUT2D eigenvalue weighted by Crippen LogP contribution is -2.32. The Hall–Kier alpha value is -2.15. The number of aromatic amines is 1. The minimum absolute atomic E-state index is 0.0752. The molecule has 1 aromatic heterocycles. The average molecular weight is 387 g/mol. The first-order valence-corrected chi connectivity index (χ1v) is 10.3. The summed E-state index contributed by atoms with van der Waals surface area (Å²) < 4.78 is 17.2.